The molecule has 5 heteroatoms. The van der Waals surface area contributed by atoms with Crippen molar-refractivity contribution in [3.05, 3.63) is 40.1 Å². The van der Waals surface area contributed by atoms with E-state index < -0.39 is 0 Å². The molecule has 4 nitrogen and oxygen atoms in total. The fourth-order valence-electron chi connectivity index (χ4n) is 2.45. The van der Waals surface area contributed by atoms with Gasteiger partial charge in [0, 0.05) is 18.0 Å². The molecule has 2 aromatic rings. The van der Waals surface area contributed by atoms with Crippen LogP contribution in [0.15, 0.2) is 30.3 Å². The molecular weight excluding hydrogens is 322 g/mol. The molecule has 0 aliphatic rings. The first-order valence-corrected chi connectivity index (χ1v) is 8.82. The van der Waals surface area contributed by atoms with Crippen molar-refractivity contribution in [3.8, 4) is 16.9 Å². The Bertz CT molecular complexity index is 689. The maximum absolute atomic E-state index is 12.4. The summed E-state index contributed by atoms with van der Waals surface area (Å²) in [6.45, 7) is 6.76. The molecule has 1 aromatic heterocycles. The van der Waals surface area contributed by atoms with E-state index >= 15 is 0 Å². The standard InChI is InChI=1S/C19H25NO3S/c1-13-16(14-5-7-15(23-4)8-6-14)11-17(24-13)18(22)20-12-19(2,3)9-10-21/h5-8,11,21H,9-10,12H2,1-4H3,(H,20,22). The van der Waals surface area contributed by atoms with Crippen molar-refractivity contribution in [3.63, 3.8) is 0 Å². The van der Waals surface area contributed by atoms with Crippen molar-refractivity contribution in [1.29, 1.82) is 0 Å². The topological polar surface area (TPSA) is 58.6 Å². The van der Waals surface area contributed by atoms with Gasteiger partial charge in [0.2, 0.25) is 0 Å². The van der Waals surface area contributed by atoms with Gasteiger partial charge < -0.3 is 15.2 Å². The van der Waals surface area contributed by atoms with Crippen molar-refractivity contribution >= 4 is 17.2 Å². The molecule has 2 rings (SSSR count). The van der Waals surface area contributed by atoms with Gasteiger partial charge in [0.05, 0.1) is 12.0 Å². The number of benzene rings is 1. The van der Waals surface area contributed by atoms with Crippen molar-refractivity contribution in [2.75, 3.05) is 20.3 Å². The van der Waals surface area contributed by atoms with E-state index in [0.717, 1.165) is 21.8 Å². The van der Waals surface area contributed by atoms with E-state index in [1.54, 1.807) is 7.11 Å². The van der Waals surface area contributed by atoms with Crippen LogP contribution in [0.4, 0.5) is 0 Å². The molecule has 0 bridgehead atoms. The molecule has 0 saturated carbocycles. The van der Waals surface area contributed by atoms with Crippen LogP contribution < -0.4 is 10.1 Å². The minimum atomic E-state index is -0.116. The number of methoxy groups -OCH3 is 1. The second kappa shape index (κ2) is 7.81. The quantitative estimate of drug-likeness (QED) is 0.799. The lowest BCUT2D eigenvalue weighted by molar-refractivity contribution is 0.0932. The second-order valence-corrected chi connectivity index (χ2v) is 7.89. The molecule has 2 N–H and O–H groups in total. The van der Waals surface area contributed by atoms with E-state index in [9.17, 15) is 4.79 Å². The molecular formula is C19H25NO3S. The van der Waals surface area contributed by atoms with Gasteiger partial charge in [0.1, 0.15) is 5.75 Å². The summed E-state index contributed by atoms with van der Waals surface area (Å²) in [6, 6.07) is 9.78. The number of amides is 1. The third-order valence-corrected chi connectivity index (χ3v) is 5.11. The highest BCUT2D eigenvalue weighted by molar-refractivity contribution is 7.14. The molecule has 1 amide bonds. The highest BCUT2D eigenvalue weighted by atomic mass is 32.1. The Morgan fingerprint density at radius 3 is 2.54 bits per heavy atom. The molecule has 130 valence electrons. The van der Waals surface area contributed by atoms with Gasteiger partial charge in [0.25, 0.3) is 5.91 Å². The minimum Gasteiger partial charge on any atom is -0.497 e. The maximum atomic E-state index is 12.4. The summed E-state index contributed by atoms with van der Waals surface area (Å²) in [4.78, 5) is 14.2. The Hall–Kier alpha value is -1.85. The fraction of sp³-hybridized carbons (Fsp3) is 0.421. The van der Waals surface area contributed by atoms with Crippen LogP contribution in [-0.2, 0) is 0 Å². The summed E-state index contributed by atoms with van der Waals surface area (Å²) in [5.74, 6) is 0.754. The monoisotopic (exact) mass is 347 g/mol. The van der Waals surface area contributed by atoms with Crippen molar-refractivity contribution < 1.29 is 14.6 Å². The largest absolute Gasteiger partial charge is 0.497 e. The molecule has 1 heterocycles. The van der Waals surface area contributed by atoms with Crippen LogP contribution in [-0.4, -0.2) is 31.3 Å². The third kappa shape index (κ3) is 4.58. The number of rotatable bonds is 7. The SMILES string of the molecule is COc1ccc(-c2cc(C(=O)NCC(C)(C)CCO)sc2C)cc1. The Morgan fingerprint density at radius 1 is 1.29 bits per heavy atom. The van der Waals surface area contributed by atoms with Gasteiger partial charge in [0.15, 0.2) is 0 Å². The summed E-state index contributed by atoms with van der Waals surface area (Å²) in [7, 11) is 1.64. The minimum absolute atomic E-state index is 0.0612. The smallest absolute Gasteiger partial charge is 0.261 e. The van der Waals surface area contributed by atoms with E-state index in [4.69, 9.17) is 9.84 Å². The molecule has 0 saturated heterocycles. The van der Waals surface area contributed by atoms with Gasteiger partial charge in [-0.1, -0.05) is 26.0 Å². The average Bonchev–Trinajstić information content (AvgIpc) is 2.95. The molecule has 0 radical (unpaired) electrons. The van der Waals surface area contributed by atoms with Crippen LogP contribution in [0.2, 0.25) is 0 Å². The maximum Gasteiger partial charge on any atom is 0.261 e. The normalized spacial score (nSPS) is 11.4. The molecule has 0 aliphatic carbocycles. The van der Waals surface area contributed by atoms with Crippen molar-refractivity contribution in [2.24, 2.45) is 5.41 Å². The summed E-state index contributed by atoms with van der Waals surface area (Å²) < 4.78 is 5.18. The molecule has 0 aliphatic heterocycles. The summed E-state index contributed by atoms with van der Waals surface area (Å²) in [5, 5.41) is 12.0. The van der Waals surface area contributed by atoms with E-state index in [-0.39, 0.29) is 17.9 Å². The number of aryl methyl sites for hydroxylation is 1. The van der Waals surface area contributed by atoms with Crippen LogP contribution in [0.5, 0.6) is 5.75 Å². The number of aliphatic hydroxyl groups is 1. The first kappa shape index (κ1) is 18.5. The van der Waals surface area contributed by atoms with Crippen LogP contribution in [0.1, 0.15) is 34.8 Å². The zero-order chi connectivity index (χ0) is 17.7. The number of carbonyl (C=O) groups is 1. The zero-order valence-electron chi connectivity index (χ0n) is 14.7. The molecule has 0 unspecified atom stereocenters. The molecule has 1 aromatic carbocycles. The van der Waals surface area contributed by atoms with Crippen LogP contribution >= 0.6 is 11.3 Å². The van der Waals surface area contributed by atoms with Gasteiger partial charge in [-0.15, -0.1) is 11.3 Å². The van der Waals surface area contributed by atoms with E-state index in [1.807, 2.05) is 51.1 Å². The van der Waals surface area contributed by atoms with Crippen molar-refractivity contribution in [2.45, 2.75) is 27.2 Å². The number of ether oxygens (including phenoxy) is 1. The Morgan fingerprint density at radius 2 is 1.96 bits per heavy atom. The number of thiophene rings is 1. The van der Waals surface area contributed by atoms with E-state index in [2.05, 4.69) is 5.32 Å². The predicted octanol–water partition coefficient (Wildman–Crippen LogP) is 3.87. The van der Waals surface area contributed by atoms with Gasteiger partial charge in [-0.3, -0.25) is 4.79 Å². The molecule has 24 heavy (non-hydrogen) atoms. The zero-order valence-corrected chi connectivity index (χ0v) is 15.5. The predicted molar refractivity (Wildman–Crippen MR) is 98.9 cm³/mol. The van der Waals surface area contributed by atoms with Gasteiger partial charge in [-0.2, -0.15) is 0 Å². The Kier molecular flexibility index (Phi) is 6.02. The van der Waals surface area contributed by atoms with Crippen LogP contribution in [0.3, 0.4) is 0 Å². The number of hydrogen-bond donors (Lipinski definition) is 2. The number of aliphatic hydroxyl groups excluding tert-OH is 1. The second-order valence-electron chi connectivity index (χ2n) is 6.63. The van der Waals surface area contributed by atoms with Crippen LogP contribution in [0, 0.1) is 12.3 Å². The van der Waals surface area contributed by atoms with Gasteiger partial charge >= 0.3 is 0 Å². The van der Waals surface area contributed by atoms with Gasteiger partial charge in [-0.25, -0.2) is 0 Å². The van der Waals surface area contributed by atoms with Crippen LogP contribution in [0.25, 0.3) is 11.1 Å². The highest BCUT2D eigenvalue weighted by Gasteiger charge is 2.20. The highest BCUT2D eigenvalue weighted by Crippen LogP contribution is 2.32. The summed E-state index contributed by atoms with van der Waals surface area (Å²) in [5.41, 5.74) is 2.03. The van der Waals surface area contributed by atoms with Crippen molar-refractivity contribution in [1.82, 2.24) is 5.32 Å². The number of hydrogen-bond acceptors (Lipinski definition) is 4. The van der Waals surface area contributed by atoms with E-state index in [0.29, 0.717) is 17.8 Å². The first-order valence-electron chi connectivity index (χ1n) is 8.00. The lowest BCUT2D eigenvalue weighted by Crippen LogP contribution is -2.34. The summed E-state index contributed by atoms with van der Waals surface area (Å²) in [6.07, 6.45) is 0.661. The first-order chi connectivity index (χ1) is 11.4. The fourth-order valence-corrected chi connectivity index (χ4v) is 3.41. The molecule has 0 atom stereocenters. The Balaban J connectivity index is 2.11. The number of carbonyl (C=O) groups excluding carboxylic acids is 1. The lowest BCUT2D eigenvalue weighted by atomic mass is 9.90. The lowest BCUT2D eigenvalue weighted by Gasteiger charge is -2.23. The average molecular weight is 347 g/mol. The van der Waals surface area contributed by atoms with Gasteiger partial charge in [-0.05, 0) is 48.1 Å². The summed E-state index contributed by atoms with van der Waals surface area (Å²) >= 11 is 1.50. The third-order valence-electron chi connectivity index (χ3n) is 4.06. The Labute approximate surface area is 147 Å². The van der Waals surface area contributed by atoms with E-state index in [1.165, 1.54) is 11.3 Å². The number of nitrogens with one attached hydrogen (secondary N) is 1. The molecule has 0 fully saturated rings. The molecule has 0 spiro atoms.